The lowest BCUT2D eigenvalue weighted by molar-refractivity contribution is -0.116. The lowest BCUT2D eigenvalue weighted by Crippen LogP contribution is -2.31. The normalized spacial score (nSPS) is 15.0. The standard InChI is InChI=1S/C18H17ClN2O4S/c1-12-8-9-13(11-15(12)19)20-17(22)7-4-10-21-18(23)14-5-2-3-6-16(14)26(21,24)25/h2-3,5-6,8-9,11H,4,7,10H2,1H3,(H,20,22). The predicted octanol–water partition coefficient (Wildman–Crippen LogP) is 3.21. The summed E-state index contributed by atoms with van der Waals surface area (Å²) in [6.07, 6.45) is 0.311. The van der Waals surface area contributed by atoms with Crippen molar-refractivity contribution in [3.8, 4) is 0 Å². The van der Waals surface area contributed by atoms with Gasteiger partial charge in [-0.25, -0.2) is 12.7 Å². The van der Waals surface area contributed by atoms with E-state index in [0.29, 0.717) is 10.7 Å². The summed E-state index contributed by atoms with van der Waals surface area (Å²) in [7, 11) is -3.83. The molecule has 0 radical (unpaired) electrons. The highest BCUT2D eigenvalue weighted by atomic mass is 35.5. The largest absolute Gasteiger partial charge is 0.326 e. The van der Waals surface area contributed by atoms with E-state index in [1.807, 2.05) is 6.92 Å². The second-order valence-corrected chi connectivity index (χ2v) is 8.23. The highest BCUT2D eigenvalue weighted by Crippen LogP contribution is 2.30. The van der Waals surface area contributed by atoms with Gasteiger partial charge in [-0.1, -0.05) is 29.8 Å². The molecule has 0 saturated heterocycles. The molecule has 0 saturated carbocycles. The Labute approximate surface area is 156 Å². The summed E-state index contributed by atoms with van der Waals surface area (Å²) in [6.45, 7) is 1.82. The van der Waals surface area contributed by atoms with Gasteiger partial charge in [-0.05, 0) is 43.2 Å². The van der Waals surface area contributed by atoms with E-state index >= 15 is 0 Å². The van der Waals surface area contributed by atoms with E-state index in [2.05, 4.69) is 5.32 Å². The highest BCUT2D eigenvalue weighted by molar-refractivity contribution is 7.90. The number of hydrogen-bond acceptors (Lipinski definition) is 4. The zero-order chi connectivity index (χ0) is 18.9. The minimum absolute atomic E-state index is 0.0174. The molecule has 136 valence electrons. The van der Waals surface area contributed by atoms with Crippen LogP contribution in [-0.2, 0) is 14.8 Å². The Morgan fingerprint density at radius 2 is 1.92 bits per heavy atom. The van der Waals surface area contributed by atoms with Crippen molar-refractivity contribution in [2.75, 3.05) is 11.9 Å². The van der Waals surface area contributed by atoms with Gasteiger partial charge in [-0.3, -0.25) is 9.59 Å². The van der Waals surface area contributed by atoms with Crippen LogP contribution in [0.3, 0.4) is 0 Å². The van der Waals surface area contributed by atoms with Crippen LogP contribution in [0.25, 0.3) is 0 Å². The average molecular weight is 393 g/mol. The van der Waals surface area contributed by atoms with Gasteiger partial charge in [0.05, 0.1) is 5.56 Å². The van der Waals surface area contributed by atoms with Crippen LogP contribution in [-0.4, -0.2) is 31.1 Å². The van der Waals surface area contributed by atoms with E-state index in [1.54, 1.807) is 30.3 Å². The fourth-order valence-corrected chi connectivity index (χ4v) is 4.52. The van der Waals surface area contributed by atoms with Crippen molar-refractivity contribution in [2.24, 2.45) is 0 Å². The van der Waals surface area contributed by atoms with E-state index in [0.717, 1.165) is 9.87 Å². The van der Waals surface area contributed by atoms with Gasteiger partial charge in [0, 0.05) is 23.7 Å². The number of carbonyl (C=O) groups excluding carboxylic acids is 2. The average Bonchev–Trinajstić information content (AvgIpc) is 2.79. The Balaban J connectivity index is 1.59. The molecule has 0 spiro atoms. The number of amides is 2. The molecule has 1 N–H and O–H groups in total. The smallest absolute Gasteiger partial charge is 0.269 e. The number of carbonyl (C=O) groups is 2. The highest BCUT2D eigenvalue weighted by Gasteiger charge is 2.40. The molecular formula is C18H17ClN2O4S. The lowest BCUT2D eigenvalue weighted by atomic mass is 10.2. The van der Waals surface area contributed by atoms with Gasteiger partial charge in [0.15, 0.2) is 0 Å². The summed E-state index contributed by atoms with van der Waals surface area (Å²) >= 11 is 6.02. The van der Waals surface area contributed by atoms with Gasteiger partial charge < -0.3 is 5.32 Å². The first-order chi connectivity index (χ1) is 12.3. The zero-order valence-corrected chi connectivity index (χ0v) is 15.6. The van der Waals surface area contributed by atoms with Crippen LogP contribution in [0.4, 0.5) is 5.69 Å². The number of nitrogens with one attached hydrogen (secondary N) is 1. The van der Waals surface area contributed by atoms with Crippen LogP contribution in [0, 0.1) is 6.92 Å². The van der Waals surface area contributed by atoms with E-state index in [-0.39, 0.29) is 35.8 Å². The lowest BCUT2D eigenvalue weighted by Gasteiger charge is -2.14. The molecule has 3 rings (SSSR count). The van der Waals surface area contributed by atoms with Gasteiger partial charge in [0.25, 0.3) is 15.9 Å². The van der Waals surface area contributed by atoms with Gasteiger partial charge in [0.1, 0.15) is 4.90 Å². The third kappa shape index (κ3) is 3.45. The molecule has 2 aromatic rings. The van der Waals surface area contributed by atoms with Crippen molar-refractivity contribution >= 4 is 39.1 Å². The molecule has 0 aromatic heterocycles. The molecule has 1 aliphatic heterocycles. The van der Waals surface area contributed by atoms with Crippen LogP contribution in [0.1, 0.15) is 28.8 Å². The number of nitrogens with zero attached hydrogens (tertiary/aromatic N) is 1. The molecule has 26 heavy (non-hydrogen) atoms. The van der Waals surface area contributed by atoms with E-state index in [1.165, 1.54) is 12.1 Å². The van der Waals surface area contributed by atoms with Crippen LogP contribution >= 0.6 is 11.6 Å². The van der Waals surface area contributed by atoms with Crippen LogP contribution in [0.2, 0.25) is 5.02 Å². The predicted molar refractivity (Wildman–Crippen MR) is 98.7 cm³/mol. The van der Waals surface area contributed by atoms with E-state index < -0.39 is 15.9 Å². The summed E-state index contributed by atoms with van der Waals surface area (Å²) in [5, 5.41) is 3.26. The maximum atomic E-state index is 12.4. The first kappa shape index (κ1) is 18.4. The molecule has 0 fully saturated rings. The fourth-order valence-electron chi connectivity index (χ4n) is 2.73. The molecule has 1 aliphatic rings. The number of halogens is 1. The Hall–Kier alpha value is -2.38. The third-order valence-corrected chi connectivity index (χ3v) is 6.38. The van der Waals surface area contributed by atoms with Crippen molar-refractivity contribution in [3.63, 3.8) is 0 Å². The molecule has 2 amide bonds. The van der Waals surface area contributed by atoms with Gasteiger partial charge in [-0.15, -0.1) is 0 Å². The van der Waals surface area contributed by atoms with Crippen molar-refractivity contribution in [3.05, 3.63) is 58.6 Å². The summed E-state index contributed by atoms with van der Waals surface area (Å²) in [4.78, 5) is 24.3. The molecule has 0 unspecified atom stereocenters. The minimum atomic E-state index is -3.83. The summed E-state index contributed by atoms with van der Waals surface area (Å²) in [6, 6.07) is 11.3. The number of fused-ring (bicyclic) bond motifs is 1. The summed E-state index contributed by atoms with van der Waals surface area (Å²) < 4.78 is 25.7. The molecule has 1 heterocycles. The topological polar surface area (TPSA) is 83.6 Å². The number of sulfonamides is 1. The van der Waals surface area contributed by atoms with Crippen molar-refractivity contribution < 1.29 is 18.0 Å². The zero-order valence-electron chi connectivity index (χ0n) is 14.0. The van der Waals surface area contributed by atoms with Crippen molar-refractivity contribution in [2.45, 2.75) is 24.7 Å². The van der Waals surface area contributed by atoms with E-state index in [9.17, 15) is 18.0 Å². The molecule has 2 aromatic carbocycles. The van der Waals surface area contributed by atoms with Crippen LogP contribution in [0.5, 0.6) is 0 Å². The first-order valence-electron chi connectivity index (χ1n) is 8.03. The minimum Gasteiger partial charge on any atom is -0.326 e. The van der Waals surface area contributed by atoms with Gasteiger partial charge in [0.2, 0.25) is 5.91 Å². The molecule has 0 bridgehead atoms. The maximum absolute atomic E-state index is 12.4. The second kappa shape index (κ2) is 7.09. The monoisotopic (exact) mass is 392 g/mol. The number of aryl methyl sites for hydroxylation is 1. The Kier molecular flexibility index (Phi) is 5.02. The number of anilines is 1. The summed E-state index contributed by atoms with van der Waals surface area (Å²) in [5.74, 6) is -0.821. The number of hydrogen-bond donors (Lipinski definition) is 1. The number of benzene rings is 2. The fraction of sp³-hybridized carbons (Fsp3) is 0.222. The second-order valence-electron chi connectivity index (χ2n) is 5.99. The van der Waals surface area contributed by atoms with Gasteiger partial charge >= 0.3 is 0 Å². The Bertz CT molecular complexity index is 988. The van der Waals surface area contributed by atoms with Gasteiger partial charge in [-0.2, -0.15) is 0 Å². The third-order valence-electron chi connectivity index (χ3n) is 4.13. The SMILES string of the molecule is Cc1ccc(NC(=O)CCCN2C(=O)c3ccccc3S2(=O)=O)cc1Cl. The molecular weight excluding hydrogens is 376 g/mol. The maximum Gasteiger partial charge on any atom is 0.269 e. The summed E-state index contributed by atoms with van der Waals surface area (Å²) in [5.41, 5.74) is 1.65. The van der Waals surface area contributed by atoms with Crippen LogP contribution < -0.4 is 5.32 Å². The van der Waals surface area contributed by atoms with E-state index in [4.69, 9.17) is 11.6 Å². The molecule has 0 atom stereocenters. The molecule has 8 heteroatoms. The van der Waals surface area contributed by atoms with Crippen LogP contribution in [0.15, 0.2) is 47.4 Å². The van der Waals surface area contributed by atoms with Crippen molar-refractivity contribution in [1.82, 2.24) is 4.31 Å². The first-order valence-corrected chi connectivity index (χ1v) is 9.84. The Morgan fingerprint density at radius 3 is 2.62 bits per heavy atom. The number of rotatable bonds is 5. The Morgan fingerprint density at radius 1 is 1.19 bits per heavy atom. The molecule has 6 nitrogen and oxygen atoms in total. The quantitative estimate of drug-likeness (QED) is 0.846. The van der Waals surface area contributed by atoms with Crippen molar-refractivity contribution in [1.29, 1.82) is 0 Å². The molecule has 0 aliphatic carbocycles.